The minimum Gasteiger partial charge on any atom is -0.453 e. The van der Waals surface area contributed by atoms with Crippen molar-refractivity contribution in [2.45, 2.75) is 0 Å². The van der Waals surface area contributed by atoms with Crippen molar-refractivity contribution in [2.24, 2.45) is 0 Å². The first-order valence-corrected chi connectivity index (χ1v) is 4.74. The van der Waals surface area contributed by atoms with E-state index in [0.29, 0.717) is 0 Å². The highest BCUT2D eigenvalue weighted by molar-refractivity contribution is 7.39. The van der Waals surface area contributed by atoms with Crippen LogP contribution in [-0.2, 0) is 19.1 Å². The third-order valence-corrected chi connectivity index (χ3v) is 1.30. The molecule has 0 radical (unpaired) electrons. The van der Waals surface area contributed by atoms with Crippen molar-refractivity contribution < 1.29 is 28.7 Å². The fourth-order valence-corrected chi connectivity index (χ4v) is 0.668. The Bertz CT molecular complexity index is 263. The Hall–Kier alpha value is -1.06. The lowest BCUT2D eigenvalue weighted by Gasteiger charge is -2.03. The Labute approximate surface area is 89.6 Å². The number of imide groups is 1. The van der Waals surface area contributed by atoms with Gasteiger partial charge in [0.25, 0.3) is 11.8 Å². The summed E-state index contributed by atoms with van der Waals surface area (Å²) in [4.78, 5) is 42.2. The van der Waals surface area contributed by atoms with E-state index in [-0.39, 0.29) is 0 Å². The lowest BCUT2D eigenvalue weighted by Crippen LogP contribution is -2.36. The number of carbonyl (C=O) groups is 4. The molecule has 0 aliphatic rings. The second-order valence-electron chi connectivity index (χ2n) is 2.19. The zero-order chi connectivity index (χ0) is 11.8. The van der Waals surface area contributed by atoms with Gasteiger partial charge in [-0.15, -0.1) is 0 Å². The number of ether oxygens (including phenoxy) is 2. The SMILES string of the molecule is O=C(COC(=O)P)NC(=O)COC(=O)P. The summed E-state index contributed by atoms with van der Waals surface area (Å²) in [6.07, 6.45) is 0. The Morgan fingerprint density at radius 1 is 0.867 bits per heavy atom. The average molecular weight is 253 g/mol. The molecule has 2 unspecified atom stereocenters. The van der Waals surface area contributed by atoms with E-state index in [4.69, 9.17) is 0 Å². The Kier molecular flexibility index (Phi) is 6.75. The Morgan fingerprint density at radius 3 is 1.47 bits per heavy atom. The average Bonchev–Trinajstić information content (AvgIpc) is 2.11. The minimum atomic E-state index is -0.796. The van der Waals surface area contributed by atoms with Crippen LogP contribution in [0, 0.1) is 0 Å². The number of hydrogen-bond acceptors (Lipinski definition) is 6. The third kappa shape index (κ3) is 9.25. The van der Waals surface area contributed by atoms with Gasteiger partial charge in [0.1, 0.15) is 0 Å². The quantitative estimate of drug-likeness (QED) is 0.687. The van der Waals surface area contributed by atoms with Crippen LogP contribution >= 0.6 is 18.5 Å². The molecule has 0 saturated heterocycles. The van der Waals surface area contributed by atoms with Crippen LogP contribution in [-0.4, -0.2) is 36.4 Å². The first kappa shape index (κ1) is 13.9. The molecule has 0 aromatic rings. The molecule has 0 aliphatic carbocycles. The Morgan fingerprint density at radius 2 is 1.20 bits per heavy atom. The molecule has 0 fully saturated rings. The van der Waals surface area contributed by atoms with Gasteiger partial charge in [-0.2, -0.15) is 0 Å². The highest BCUT2D eigenvalue weighted by atomic mass is 31.0. The molecule has 9 heteroatoms. The summed E-state index contributed by atoms with van der Waals surface area (Å²) in [6, 6.07) is 0. The van der Waals surface area contributed by atoms with Gasteiger partial charge in [-0.05, 0) is 18.5 Å². The van der Waals surface area contributed by atoms with Crippen molar-refractivity contribution in [3.05, 3.63) is 0 Å². The molecule has 0 saturated carbocycles. The van der Waals surface area contributed by atoms with Crippen LogP contribution in [0.4, 0.5) is 9.59 Å². The van der Waals surface area contributed by atoms with Crippen LogP contribution in [0.15, 0.2) is 0 Å². The van der Waals surface area contributed by atoms with Gasteiger partial charge in [0.2, 0.25) is 0 Å². The van der Waals surface area contributed by atoms with E-state index in [1.54, 1.807) is 18.5 Å². The molecule has 84 valence electrons. The maximum atomic E-state index is 10.8. The fraction of sp³-hybridized carbons (Fsp3) is 0.333. The van der Waals surface area contributed by atoms with Gasteiger partial charge >= 0.3 is 11.4 Å². The molecular formula is C6H9NO6P2. The second-order valence-corrected chi connectivity index (χ2v) is 3.13. The number of amides is 2. The maximum absolute atomic E-state index is 10.8. The summed E-state index contributed by atoms with van der Waals surface area (Å²) in [7, 11) is 3.41. The second kappa shape index (κ2) is 7.26. The monoisotopic (exact) mass is 253 g/mol. The number of carbonyl (C=O) groups excluding carboxylic acids is 4. The summed E-state index contributed by atoms with van der Waals surface area (Å²) in [5, 5.41) is 1.84. The summed E-state index contributed by atoms with van der Waals surface area (Å²) >= 11 is 0. The van der Waals surface area contributed by atoms with Crippen LogP contribution in [0.2, 0.25) is 0 Å². The molecule has 1 N–H and O–H groups in total. The van der Waals surface area contributed by atoms with E-state index in [1.807, 2.05) is 5.32 Å². The molecule has 2 atom stereocenters. The van der Waals surface area contributed by atoms with Crippen LogP contribution in [0.3, 0.4) is 0 Å². The van der Waals surface area contributed by atoms with Gasteiger partial charge in [0.15, 0.2) is 13.2 Å². The van der Waals surface area contributed by atoms with Gasteiger partial charge < -0.3 is 9.47 Å². The number of rotatable bonds is 4. The van der Waals surface area contributed by atoms with E-state index in [2.05, 4.69) is 9.47 Å². The largest absolute Gasteiger partial charge is 0.453 e. The molecular weight excluding hydrogens is 244 g/mol. The molecule has 0 aromatic heterocycles. The standard InChI is InChI=1S/C6H9NO6P2/c8-3(1-12-5(10)14)7-4(9)2-13-6(11)15/h1-2,14-15H2,(H,7,8,9). The van der Waals surface area contributed by atoms with Crippen molar-refractivity contribution in [3.63, 3.8) is 0 Å². The molecule has 15 heavy (non-hydrogen) atoms. The van der Waals surface area contributed by atoms with Gasteiger partial charge in [-0.3, -0.25) is 14.9 Å². The lowest BCUT2D eigenvalue weighted by molar-refractivity contribution is -0.133. The molecule has 0 aromatic carbocycles. The van der Waals surface area contributed by atoms with Gasteiger partial charge in [0.05, 0.1) is 0 Å². The molecule has 7 nitrogen and oxygen atoms in total. The maximum Gasteiger partial charge on any atom is 0.320 e. The Balaban J connectivity index is 3.71. The lowest BCUT2D eigenvalue weighted by atomic mass is 10.5. The zero-order valence-corrected chi connectivity index (χ0v) is 9.83. The van der Waals surface area contributed by atoms with Crippen LogP contribution in [0.25, 0.3) is 0 Å². The smallest absolute Gasteiger partial charge is 0.320 e. The summed E-state index contributed by atoms with van der Waals surface area (Å²) in [6.45, 7) is -1.13. The molecule has 0 rings (SSSR count). The van der Waals surface area contributed by atoms with Crippen molar-refractivity contribution >= 4 is 41.7 Å². The van der Waals surface area contributed by atoms with Crippen molar-refractivity contribution in [1.29, 1.82) is 0 Å². The van der Waals surface area contributed by atoms with E-state index >= 15 is 0 Å². The molecule has 0 aliphatic heterocycles. The number of nitrogens with one attached hydrogen (secondary N) is 1. The first-order valence-electron chi connectivity index (χ1n) is 3.59. The summed E-state index contributed by atoms with van der Waals surface area (Å²) < 4.78 is 8.56. The zero-order valence-electron chi connectivity index (χ0n) is 7.52. The highest BCUT2D eigenvalue weighted by Gasteiger charge is 2.10. The van der Waals surface area contributed by atoms with Crippen LogP contribution in [0.5, 0.6) is 0 Å². The van der Waals surface area contributed by atoms with Crippen molar-refractivity contribution in [3.8, 4) is 0 Å². The van der Waals surface area contributed by atoms with Gasteiger partial charge in [0, 0.05) is 0 Å². The topological polar surface area (TPSA) is 98.8 Å². The van der Waals surface area contributed by atoms with E-state index in [9.17, 15) is 19.2 Å². The highest BCUT2D eigenvalue weighted by Crippen LogP contribution is 1.91. The van der Waals surface area contributed by atoms with Crippen molar-refractivity contribution in [2.75, 3.05) is 13.2 Å². The first-order chi connectivity index (χ1) is 6.91. The third-order valence-electron chi connectivity index (χ3n) is 0.970. The summed E-state index contributed by atoms with van der Waals surface area (Å²) in [5.74, 6) is -1.59. The van der Waals surface area contributed by atoms with Gasteiger partial charge in [-0.1, -0.05) is 0 Å². The van der Waals surface area contributed by atoms with Crippen LogP contribution < -0.4 is 5.32 Å². The van der Waals surface area contributed by atoms with Crippen molar-refractivity contribution in [1.82, 2.24) is 5.32 Å². The summed E-state index contributed by atoms with van der Waals surface area (Å²) in [5.41, 5.74) is -1.43. The van der Waals surface area contributed by atoms with E-state index in [1.165, 1.54) is 0 Å². The predicted molar refractivity (Wildman–Crippen MR) is 55.3 cm³/mol. The molecule has 0 bridgehead atoms. The number of hydrogen-bond donors (Lipinski definition) is 1. The fourth-order valence-electron chi connectivity index (χ4n) is 0.501. The molecule has 2 amide bonds. The van der Waals surface area contributed by atoms with E-state index < -0.39 is 36.4 Å². The van der Waals surface area contributed by atoms with Crippen LogP contribution in [0.1, 0.15) is 0 Å². The molecule has 0 spiro atoms. The van der Waals surface area contributed by atoms with Gasteiger partial charge in [-0.25, -0.2) is 9.59 Å². The predicted octanol–water partition coefficient (Wildman–Crippen LogP) is -0.347. The normalized spacial score (nSPS) is 8.93. The minimum absolute atomic E-state index is 0.567. The van der Waals surface area contributed by atoms with E-state index in [0.717, 1.165) is 0 Å². The molecule has 0 heterocycles.